The summed E-state index contributed by atoms with van der Waals surface area (Å²) in [5.41, 5.74) is 17.9. The SMILES string of the molecule is C=CC=Cc1c(C)ccc(OCC)c1-c1cc2nc(N)nc(N)c2cc1C. The Bertz CT molecular complexity index is 1050. The molecule has 0 amide bonds. The summed E-state index contributed by atoms with van der Waals surface area (Å²) in [4.78, 5) is 8.43. The summed E-state index contributed by atoms with van der Waals surface area (Å²) >= 11 is 0. The first-order valence-electron chi connectivity index (χ1n) is 8.85. The van der Waals surface area contributed by atoms with Crippen molar-refractivity contribution in [2.24, 2.45) is 0 Å². The van der Waals surface area contributed by atoms with E-state index < -0.39 is 0 Å². The Labute approximate surface area is 159 Å². The number of nitrogens with two attached hydrogens (primary N) is 2. The molecule has 2 aromatic carbocycles. The second kappa shape index (κ2) is 7.50. The number of anilines is 2. The highest BCUT2D eigenvalue weighted by atomic mass is 16.5. The summed E-state index contributed by atoms with van der Waals surface area (Å²) in [6, 6.07) is 8.07. The maximum atomic E-state index is 6.03. The van der Waals surface area contributed by atoms with Gasteiger partial charge in [-0.2, -0.15) is 4.98 Å². The summed E-state index contributed by atoms with van der Waals surface area (Å²) in [5.74, 6) is 1.37. The van der Waals surface area contributed by atoms with Gasteiger partial charge in [0.1, 0.15) is 11.6 Å². The molecule has 1 aromatic heterocycles. The lowest BCUT2D eigenvalue weighted by molar-refractivity contribution is 0.341. The van der Waals surface area contributed by atoms with Gasteiger partial charge < -0.3 is 16.2 Å². The zero-order chi connectivity index (χ0) is 19.6. The fourth-order valence-corrected chi connectivity index (χ4v) is 3.23. The smallest absolute Gasteiger partial charge is 0.222 e. The van der Waals surface area contributed by atoms with Crippen LogP contribution in [0, 0.1) is 13.8 Å². The summed E-state index contributed by atoms with van der Waals surface area (Å²) in [7, 11) is 0. The number of aromatic nitrogens is 2. The third kappa shape index (κ3) is 3.49. The Morgan fingerprint density at radius 2 is 1.89 bits per heavy atom. The van der Waals surface area contributed by atoms with Crippen LogP contribution < -0.4 is 16.2 Å². The zero-order valence-electron chi connectivity index (χ0n) is 15.9. The number of hydrogen-bond acceptors (Lipinski definition) is 5. The third-order valence-electron chi connectivity index (χ3n) is 4.48. The second-order valence-corrected chi connectivity index (χ2v) is 6.35. The van der Waals surface area contributed by atoms with Crippen molar-refractivity contribution in [2.45, 2.75) is 20.8 Å². The van der Waals surface area contributed by atoms with E-state index in [0.717, 1.165) is 39.0 Å². The molecule has 1 heterocycles. The van der Waals surface area contributed by atoms with Crippen LogP contribution in [0.15, 0.2) is 43.0 Å². The number of ether oxygens (including phenoxy) is 1. The van der Waals surface area contributed by atoms with E-state index >= 15 is 0 Å². The molecular formula is C22H24N4O. The Kier molecular flexibility index (Phi) is 5.12. The van der Waals surface area contributed by atoms with Crippen molar-refractivity contribution < 1.29 is 4.74 Å². The number of nitrogen functional groups attached to an aromatic ring is 2. The molecule has 0 saturated carbocycles. The number of hydrogen-bond donors (Lipinski definition) is 2. The lowest BCUT2D eigenvalue weighted by Crippen LogP contribution is -2.02. The highest BCUT2D eigenvalue weighted by Gasteiger charge is 2.17. The van der Waals surface area contributed by atoms with Gasteiger partial charge in [0.25, 0.3) is 0 Å². The molecule has 5 heteroatoms. The molecule has 3 rings (SSSR count). The van der Waals surface area contributed by atoms with Crippen molar-refractivity contribution >= 4 is 28.7 Å². The maximum absolute atomic E-state index is 6.03. The van der Waals surface area contributed by atoms with Crippen LogP contribution >= 0.6 is 0 Å². The molecule has 0 saturated heterocycles. The van der Waals surface area contributed by atoms with Gasteiger partial charge in [0.2, 0.25) is 5.95 Å². The summed E-state index contributed by atoms with van der Waals surface area (Å²) in [6.07, 6.45) is 5.74. The highest BCUT2D eigenvalue weighted by Crippen LogP contribution is 2.40. The van der Waals surface area contributed by atoms with Crippen LogP contribution in [-0.2, 0) is 0 Å². The number of allylic oxidation sites excluding steroid dienone is 2. The predicted octanol–water partition coefficient (Wildman–Crippen LogP) is 4.68. The van der Waals surface area contributed by atoms with Crippen LogP contribution in [-0.4, -0.2) is 16.6 Å². The van der Waals surface area contributed by atoms with Crippen molar-refractivity contribution in [3.63, 3.8) is 0 Å². The van der Waals surface area contributed by atoms with Gasteiger partial charge in [-0.25, -0.2) is 4.98 Å². The predicted molar refractivity (Wildman–Crippen MR) is 114 cm³/mol. The van der Waals surface area contributed by atoms with E-state index in [0.29, 0.717) is 17.9 Å². The lowest BCUT2D eigenvalue weighted by atomic mass is 9.91. The molecule has 0 bridgehead atoms. The largest absolute Gasteiger partial charge is 0.493 e. The molecule has 0 fully saturated rings. The molecular weight excluding hydrogens is 336 g/mol. The Morgan fingerprint density at radius 3 is 2.59 bits per heavy atom. The van der Waals surface area contributed by atoms with Gasteiger partial charge in [-0.1, -0.05) is 30.9 Å². The maximum Gasteiger partial charge on any atom is 0.222 e. The molecule has 0 radical (unpaired) electrons. The minimum Gasteiger partial charge on any atom is -0.493 e. The lowest BCUT2D eigenvalue weighted by Gasteiger charge is -2.18. The Balaban J connectivity index is 2.38. The van der Waals surface area contributed by atoms with Crippen LogP contribution in [0.4, 0.5) is 11.8 Å². The van der Waals surface area contributed by atoms with E-state index in [1.54, 1.807) is 6.08 Å². The quantitative estimate of drug-likeness (QED) is 0.645. The summed E-state index contributed by atoms with van der Waals surface area (Å²) < 4.78 is 5.94. The fourth-order valence-electron chi connectivity index (χ4n) is 3.23. The number of nitrogens with zero attached hydrogens (tertiary/aromatic N) is 2. The van der Waals surface area contributed by atoms with Gasteiger partial charge in [-0.15, -0.1) is 0 Å². The van der Waals surface area contributed by atoms with Crippen LogP contribution in [0.2, 0.25) is 0 Å². The van der Waals surface area contributed by atoms with Gasteiger partial charge in [0.05, 0.1) is 12.1 Å². The van der Waals surface area contributed by atoms with Gasteiger partial charge in [-0.3, -0.25) is 0 Å². The molecule has 0 aliphatic heterocycles. The summed E-state index contributed by atoms with van der Waals surface area (Å²) in [6.45, 7) is 10.5. The van der Waals surface area contributed by atoms with E-state index in [1.807, 2.05) is 44.2 Å². The minimum atomic E-state index is 0.163. The van der Waals surface area contributed by atoms with E-state index in [9.17, 15) is 0 Å². The molecule has 0 unspecified atom stereocenters. The molecule has 27 heavy (non-hydrogen) atoms. The molecule has 0 spiro atoms. The second-order valence-electron chi connectivity index (χ2n) is 6.35. The van der Waals surface area contributed by atoms with Crippen molar-refractivity contribution in [1.29, 1.82) is 0 Å². The average molecular weight is 360 g/mol. The van der Waals surface area contributed by atoms with E-state index in [4.69, 9.17) is 16.2 Å². The first-order chi connectivity index (χ1) is 13.0. The van der Waals surface area contributed by atoms with Crippen molar-refractivity contribution in [3.8, 4) is 16.9 Å². The minimum absolute atomic E-state index is 0.163. The molecule has 5 nitrogen and oxygen atoms in total. The Morgan fingerprint density at radius 1 is 1.11 bits per heavy atom. The van der Waals surface area contributed by atoms with E-state index in [2.05, 4.69) is 29.5 Å². The van der Waals surface area contributed by atoms with Gasteiger partial charge >= 0.3 is 0 Å². The third-order valence-corrected chi connectivity index (χ3v) is 4.48. The average Bonchev–Trinajstić information content (AvgIpc) is 2.62. The number of aryl methyl sites for hydroxylation is 2. The molecule has 4 N–H and O–H groups in total. The monoisotopic (exact) mass is 360 g/mol. The van der Waals surface area contributed by atoms with Crippen LogP contribution in [0.5, 0.6) is 5.75 Å². The van der Waals surface area contributed by atoms with Gasteiger partial charge in [0, 0.05) is 10.9 Å². The van der Waals surface area contributed by atoms with E-state index in [1.165, 1.54) is 0 Å². The zero-order valence-corrected chi connectivity index (χ0v) is 15.9. The van der Waals surface area contributed by atoms with Crippen molar-refractivity contribution in [3.05, 3.63) is 59.7 Å². The molecule has 0 atom stereocenters. The van der Waals surface area contributed by atoms with Crippen LogP contribution in [0.3, 0.4) is 0 Å². The first-order valence-corrected chi connectivity index (χ1v) is 8.85. The topological polar surface area (TPSA) is 87.0 Å². The van der Waals surface area contributed by atoms with Crippen LogP contribution in [0.1, 0.15) is 23.6 Å². The highest BCUT2D eigenvalue weighted by molar-refractivity contribution is 5.95. The normalized spacial score (nSPS) is 11.2. The van der Waals surface area contributed by atoms with Crippen LogP contribution in [0.25, 0.3) is 28.1 Å². The number of fused-ring (bicyclic) bond motifs is 1. The van der Waals surface area contributed by atoms with Gasteiger partial charge in [0.15, 0.2) is 0 Å². The molecule has 138 valence electrons. The van der Waals surface area contributed by atoms with E-state index in [-0.39, 0.29) is 5.95 Å². The molecule has 0 aliphatic carbocycles. The van der Waals surface area contributed by atoms with Gasteiger partial charge in [-0.05, 0) is 61.2 Å². The standard InChI is InChI=1S/C22H24N4O/c1-5-7-8-15-13(3)9-10-19(27-6-2)20(15)16-12-18-17(11-14(16)4)21(23)26-22(24)25-18/h5,7-12H,1,6H2,2-4H3,(H4,23,24,25,26). The number of benzene rings is 2. The molecule has 0 aliphatic rings. The van der Waals surface area contributed by atoms with Crippen molar-refractivity contribution in [1.82, 2.24) is 9.97 Å². The first kappa shape index (κ1) is 18.5. The summed E-state index contributed by atoms with van der Waals surface area (Å²) in [5, 5.41) is 0.791. The Hall–Kier alpha value is -3.34. The van der Waals surface area contributed by atoms with Crippen molar-refractivity contribution in [2.75, 3.05) is 18.1 Å². The fraction of sp³-hybridized carbons (Fsp3) is 0.182. The molecule has 3 aromatic rings. The number of rotatable bonds is 5.